The number of aliphatic hydroxyl groups excluding tert-OH is 1. The topological polar surface area (TPSA) is 237 Å². The molecule has 19 heteroatoms. The fraction of sp³-hybridized carbons (Fsp3) is 0.942. The van der Waals surface area contributed by atoms with Crippen LogP contribution in [0.3, 0.4) is 0 Å². The summed E-state index contributed by atoms with van der Waals surface area (Å²) < 4.78 is 68.2. The predicted octanol–water partition coefficient (Wildman–Crippen LogP) is 19.7. The predicted molar refractivity (Wildman–Crippen MR) is 354 cm³/mol. The van der Waals surface area contributed by atoms with Gasteiger partial charge in [-0.25, -0.2) is 9.13 Å². The third-order valence-electron chi connectivity index (χ3n) is 16.0. The molecule has 0 aromatic heterocycles. The second kappa shape index (κ2) is 62.5. The number of aliphatic hydroxyl groups is 1. The van der Waals surface area contributed by atoms with Crippen LogP contribution in [0.4, 0.5) is 0 Å². The summed E-state index contributed by atoms with van der Waals surface area (Å²) >= 11 is 0. The fourth-order valence-electron chi connectivity index (χ4n) is 10.5. The quantitative estimate of drug-likeness (QED) is 0.0222. The Bertz CT molecular complexity index is 1700. The molecular weight excluding hydrogens is 1160 g/mol. The number of esters is 4. The molecule has 0 amide bonds. The second-order valence-corrected chi connectivity index (χ2v) is 28.3. The number of hydrogen-bond acceptors (Lipinski definition) is 15. The summed E-state index contributed by atoms with van der Waals surface area (Å²) in [6.07, 6.45) is 48.5. The summed E-state index contributed by atoms with van der Waals surface area (Å²) in [5.41, 5.74) is 0. The van der Waals surface area contributed by atoms with E-state index in [4.69, 9.17) is 37.0 Å². The van der Waals surface area contributed by atoms with Crippen LogP contribution in [0.5, 0.6) is 0 Å². The van der Waals surface area contributed by atoms with Gasteiger partial charge in [0.15, 0.2) is 12.2 Å². The first kappa shape index (κ1) is 86.1. The minimum absolute atomic E-state index is 0.106. The molecule has 0 aromatic rings. The van der Waals surface area contributed by atoms with Crippen LogP contribution < -0.4 is 0 Å². The smallest absolute Gasteiger partial charge is 0.462 e. The summed E-state index contributed by atoms with van der Waals surface area (Å²) in [6.45, 7) is 7.18. The summed E-state index contributed by atoms with van der Waals surface area (Å²) in [6, 6.07) is 0. The molecular formula is C69H134O17P2. The largest absolute Gasteiger partial charge is 0.472 e. The zero-order valence-corrected chi connectivity index (χ0v) is 58.6. The zero-order valence-electron chi connectivity index (χ0n) is 56.9. The molecule has 0 aliphatic heterocycles. The van der Waals surface area contributed by atoms with E-state index in [2.05, 4.69) is 34.6 Å². The highest BCUT2D eigenvalue weighted by Gasteiger charge is 2.30. The van der Waals surface area contributed by atoms with Crippen molar-refractivity contribution >= 4 is 39.5 Å². The Kier molecular flexibility index (Phi) is 61.1. The Morgan fingerprint density at radius 1 is 0.307 bits per heavy atom. The van der Waals surface area contributed by atoms with E-state index in [1.807, 2.05) is 0 Å². The molecule has 5 atom stereocenters. The van der Waals surface area contributed by atoms with Crippen LogP contribution >= 0.6 is 15.6 Å². The Morgan fingerprint density at radius 2 is 0.523 bits per heavy atom. The normalized spacial score (nSPS) is 14.1. The van der Waals surface area contributed by atoms with Gasteiger partial charge in [0, 0.05) is 25.7 Å². The highest BCUT2D eigenvalue weighted by Crippen LogP contribution is 2.45. The maximum atomic E-state index is 13.0. The minimum Gasteiger partial charge on any atom is -0.462 e. The van der Waals surface area contributed by atoms with E-state index in [1.54, 1.807) is 0 Å². The number of phosphoric ester groups is 2. The van der Waals surface area contributed by atoms with E-state index in [9.17, 15) is 43.2 Å². The van der Waals surface area contributed by atoms with Gasteiger partial charge in [-0.3, -0.25) is 37.3 Å². The molecule has 0 rings (SSSR count). The Labute approximate surface area is 537 Å². The first-order valence-electron chi connectivity index (χ1n) is 36.1. The van der Waals surface area contributed by atoms with Crippen molar-refractivity contribution in [2.75, 3.05) is 39.6 Å². The van der Waals surface area contributed by atoms with Gasteiger partial charge in [0.2, 0.25) is 0 Å². The molecule has 0 aromatic carbocycles. The van der Waals surface area contributed by atoms with Crippen molar-refractivity contribution in [1.29, 1.82) is 0 Å². The highest BCUT2D eigenvalue weighted by atomic mass is 31.2. The fourth-order valence-corrected chi connectivity index (χ4v) is 12.0. The van der Waals surface area contributed by atoms with E-state index in [1.165, 1.54) is 173 Å². The molecule has 0 aliphatic rings. The minimum atomic E-state index is -4.95. The van der Waals surface area contributed by atoms with Crippen LogP contribution in [0.1, 0.15) is 356 Å². The Hall–Kier alpha value is -1.94. The van der Waals surface area contributed by atoms with E-state index in [0.29, 0.717) is 31.6 Å². The van der Waals surface area contributed by atoms with E-state index in [-0.39, 0.29) is 25.7 Å². The van der Waals surface area contributed by atoms with Crippen LogP contribution in [0, 0.1) is 5.92 Å². The lowest BCUT2D eigenvalue weighted by atomic mass is 10.0. The van der Waals surface area contributed by atoms with Crippen molar-refractivity contribution in [2.24, 2.45) is 5.92 Å². The molecule has 0 bridgehead atoms. The van der Waals surface area contributed by atoms with Gasteiger partial charge in [0.1, 0.15) is 19.3 Å². The number of phosphoric acid groups is 2. The van der Waals surface area contributed by atoms with Crippen LogP contribution in [0.25, 0.3) is 0 Å². The summed E-state index contributed by atoms with van der Waals surface area (Å²) in [5.74, 6) is -1.42. The lowest BCUT2D eigenvalue weighted by Crippen LogP contribution is -2.30. The zero-order chi connectivity index (χ0) is 64.9. The summed E-state index contributed by atoms with van der Waals surface area (Å²) in [7, 11) is -9.89. The number of carbonyl (C=O) groups excluding carboxylic acids is 4. The standard InChI is InChI=1S/C69H134O17P2/c1-6-9-12-15-18-21-24-25-26-27-28-31-34-39-45-50-55-69(74)85-64(58-79-66(71)52-47-42-37-32-29-22-19-16-13-10-7-2)60-83-87(75,76)81-56-63(70)57-82-88(77,78)84-61-65(59-80-67(72)53-48-43-40-35-36-41-46-51-62(4)5)86-68(73)54-49-44-38-33-30-23-20-17-14-11-8-3/h62-65,70H,6-61H2,1-5H3,(H,75,76)(H,77,78)/t63-,64-,65-/m1/s1. The van der Waals surface area contributed by atoms with Crippen molar-refractivity contribution in [3.8, 4) is 0 Å². The van der Waals surface area contributed by atoms with Crippen LogP contribution in [0.15, 0.2) is 0 Å². The van der Waals surface area contributed by atoms with Crippen LogP contribution in [-0.4, -0.2) is 96.7 Å². The molecule has 0 heterocycles. The summed E-state index contributed by atoms with van der Waals surface area (Å²) in [5, 5.41) is 10.6. The molecule has 0 radical (unpaired) electrons. The van der Waals surface area contributed by atoms with Crippen molar-refractivity contribution < 1.29 is 80.2 Å². The number of unbranched alkanes of at least 4 members (excludes halogenated alkanes) is 41. The first-order chi connectivity index (χ1) is 42.5. The maximum absolute atomic E-state index is 13.0. The van der Waals surface area contributed by atoms with Gasteiger partial charge >= 0.3 is 39.5 Å². The van der Waals surface area contributed by atoms with Crippen molar-refractivity contribution in [2.45, 2.75) is 374 Å². The lowest BCUT2D eigenvalue weighted by molar-refractivity contribution is -0.161. The number of hydrogen-bond donors (Lipinski definition) is 3. The molecule has 0 fully saturated rings. The van der Waals surface area contributed by atoms with Crippen molar-refractivity contribution in [1.82, 2.24) is 0 Å². The average molecular weight is 1300 g/mol. The molecule has 522 valence electrons. The van der Waals surface area contributed by atoms with Crippen LogP contribution in [0.2, 0.25) is 0 Å². The maximum Gasteiger partial charge on any atom is 0.472 e. The lowest BCUT2D eigenvalue weighted by Gasteiger charge is -2.21. The first-order valence-corrected chi connectivity index (χ1v) is 39.1. The number of rotatable bonds is 69. The van der Waals surface area contributed by atoms with Gasteiger partial charge in [-0.05, 0) is 31.6 Å². The molecule has 17 nitrogen and oxygen atoms in total. The third-order valence-corrected chi connectivity index (χ3v) is 17.9. The van der Waals surface area contributed by atoms with Gasteiger partial charge in [0.25, 0.3) is 0 Å². The molecule has 0 spiro atoms. The SMILES string of the molecule is CCCCCCCCCCCCCCCCCCC(=O)O[C@H](COC(=O)CCCCCCCCCCCCC)COP(=O)(O)OC[C@@H](O)COP(=O)(O)OC[C@@H](COC(=O)CCCCCCCCCC(C)C)OC(=O)CCCCCCCCCCCCC. The molecule has 0 aliphatic carbocycles. The van der Waals surface area contributed by atoms with E-state index >= 15 is 0 Å². The van der Waals surface area contributed by atoms with Crippen molar-refractivity contribution in [3.05, 3.63) is 0 Å². The number of ether oxygens (including phenoxy) is 4. The molecule has 2 unspecified atom stereocenters. The van der Waals surface area contributed by atoms with Gasteiger partial charge in [-0.1, -0.05) is 304 Å². The Morgan fingerprint density at radius 3 is 0.773 bits per heavy atom. The molecule has 0 saturated heterocycles. The second-order valence-electron chi connectivity index (χ2n) is 25.4. The van der Waals surface area contributed by atoms with Crippen molar-refractivity contribution in [3.63, 3.8) is 0 Å². The van der Waals surface area contributed by atoms with Gasteiger partial charge in [-0.2, -0.15) is 0 Å². The van der Waals surface area contributed by atoms with Crippen LogP contribution in [-0.2, 0) is 65.4 Å². The van der Waals surface area contributed by atoms with E-state index in [0.717, 1.165) is 96.3 Å². The highest BCUT2D eigenvalue weighted by molar-refractivity contribution is 7.47. The van der Waals surface area contributed by atoms with Gasteiger partial charge in [0.05, 0.1) is 26.4 Å². The molecule has 3 N–H and O–H groups in total. The molecule has 0 saturated carbocycles. The number of carbonyl (C=O) groups is 4. The van der Waals surface area contributed by atoms with E-state index < -0.39 is 97.5 Å². The summed E-state index contributed by atoms with van der Waals surface area (Å²) in [4.78, 5) is 72.4. The third kappa shape index (κ3) is 62.8. The monoisotopic (exact) mass is 1300 g/mol. The Balaban J connectivity index is 5.23. The van der Waals surface area contributed by atoms with Gasteiger partial charge < -0.3 is 33.8 Å². The van der Waals surface area contributed by atoms with Gasteiger partial charge in [-0.15, -0.1) is 0 Å². The molecule has 88 heavy (non-hydrogen) atoms. The average Bonchev–Trinajstić information content (AvgIpc) is 3.59.